The minimum atomic E-state index is 0.683. The smallest absolute Gasteiger partial charge is 0.108 e. The van der Waals surface area contributed by atoms with Crippen molar-refractivity contribution in [3.05, 3.63) is 17.7 Å². The molecule has 1 aromatic rings. The molecule has 0 aliphatic rings. The van der Waals surface area contributed by atoms with Crippen molar-refractivity contribution in [2.24, 2.45) is 18.9 Å². The van der Waals surface area contributed by atoms with Gasteiger partial charge in [-0.2, -0.15) is 0 Å². The SMILES string of the molecule is CC(C)Cc1cnc(CC(C)C)n1C. The van der Waals surface area contributed by atoms with Gasteiger partial charge < -0.3 is 4.57 Å². The van der Waals surface area contributed by atoms with Gasteiger partial charge in [0.25, 0.3) is 0 Å². The van der Waals surface area contributed by atoms with Crippen molar-refractivity contribution in [1.29, 1.82) is 0 Å². The van der Waals surface area contributed by atoms with Crippen LogP contribution in [0.15, 0.2) is 6.20 Å². The molecule has 0 aliphatic heterocycles. The van der Waals surface area contributed by atoms with Crippen LogP contribution < -0.4 is 0 Å². The summed E-state index contributed by atoms with van der Waals surface area (Å²) in [4.78, 5) is 4.47. The maximum absolute atomic E-state index is 4.47. The van der Waals surface area contributed by atoms with Crippen molar-refractivity contribution in [2.75, 3.05) is 0 Å². The maximum atomic E-state index is 4.47. The van der Waals surface area contributed by atoms with E-state index < -0.39 is 0 Å². The summed E-state index contributed by atoms with van der Waals surface area (Å²) in [5.41, 5.74) is 1.36. The van der Waals surface area contributed by atoms with E-state index in [2.05, 4.69) is 44.3 Å². The highest BCUT2D eigenvalue weighted by Gasteiger charge is 2.08. The van der Waals surface area contributed by atoms with Crippen LogP contribution in [0.2, 0.25) is 0 Å². The Morgan fingerprint density at radius 1 is 1.14 bits per heavy atom. The van der Waals surface area contributed by atoms with Crippen LogP contribution in [0.3, 0.4) is 0 Å². The van der Waals surface area contributed by atoms with E-state index >= 15 is 0 Å². The average molecular weight is 194 g/mol. The normalized spacial score (nSPS) is 11.6. The van der Waals surface area contributed by atoms with Gasteiger partial charge in [0.05, 0.1) is 0 Å². The average Bonchev–Trinajstić information content (AvgIpc) is 2.34. The number of hydrogen-bond donors (Lipinski definition) is 0. The molecule has 0 saturated carbocycles. The summed E-state index contributed by atoms with van der Waals surface area (Å²) in [6, 6.07) is 0. The highest BCUT2D eigenvalue weighted by molar-refractivity contribution is 5.06. The molecule has 0 bridgehead atoms. The van der Waals surface area contributed by atoms with Crippen molar-refractivity contribution in [1.82, 2.24) is 9.55 Å². The summed E-state index contributed by atoms with van der Waals surface area (Å²) in [7, 11) is 2.13. The van der Waals surface area contributed by atoms with Crippen LogP contribution in [0.1, 0.15) is 39.2 Å². The molecule has 2 nitrogen and oxygen atoms in total. The number of aromatic nitrogens is 2. The summed E-state index contributed by atoms with van der Waals surface area (Å²) in [5, 5.41) is 0. The Bertz CT molecular complexity index is 257. The Morgan fingerprint density at radius 2 is 1.71 bits per heavy atom. The third-order valence-corrected chi connectivity index (χ3v) is 2.39. The van der Waals surface area contributed by atoms with Crippen LogP contribution in [0, 0.1) is 11.8 Å². The van der Waals surface area contributed by atoms with Crippen molar-refractivity contribution < 1.29 is 0 Å². The minimum absolute atomic E-state index is 0.683. The fraction of sp³-hybridized carbons (Fsp3) is 0.750. The van der Waals surface area contributed by atoms with Gasteiger partial charge in [-0.1, -0.05) is 27.7 Å². The van der Waals surface area contributed by atoms with Gasteiger partial charge >= 0.3 is 0 Å². The van der Waals surface area contributed by atoms with Crippen molar-refractivity contribution >= 4 is 0 Å². The number of nitrogens with zero attached hydrogens (tertiary/aromatic N) is 2. The Morgan fingerprint density at radius 3 is 2.21 bits per heavy atom. The zero-order valence-corrected chi connectivity index (χ0v) is 10.0. The van der Waals surface area contributed by atoms with Crippen LogP contribution in [0.25, 0.3) is 0 Å². The first-order valence-corrected chi connectivity index (χ1v) is 5.50. The van der Waals surface area contributed by atoms with E-state index in [0.717, 1.165) is 12.8 Å². The van der Waals surface area contributed by atoms with E-state index in [1.165, 1.54) is 11.5 Å². The Hall–Kier alpha value is -0.790. The van der Waals surface area contributed by atoms with Gasteiger partial charge in [0, 0.05) is 25.4 Å². The number of rotatable bonds is 4. The molecule has 0 aromatic carbocycles. The predicted molar refractivity (Wildman–Crippen MR) is 60.3 cm³/mol. The van der Waals surface area contributed by atoms with Crippen molar-refractivity contribution in [3.8, 4) is 0 Å². The molecule has 1 heterocycles. The summed E-state index contributed by atoms with van der Waals surface area (Å²) in [6.07, 6.45) is 4.23. The molecule has 0 spiro atoms. The maximum Gasteiger partial charge on any atom is 0.108 e. The molecular weight excluding hydrogens is 172 g/mol. The molecule has 80 valence electrons. The van der Waals surface area contributed by atoms with E-state index in [1.54, 1.807) is 0 Å². The van der Waals surface area contributed by atoms with Gasteiger partial charge in [0.1, 0.15) is 5.82 Å². The van der Waals surface area contributed by atoms with Gasteiger partial charge in [-0.25, -0.2) is 4.98 Å². The molecule has 0 atom stereocenters. The van der Waals surface area contributed by atoms with E-state index in [1.807, 2.05) is 6.20 Å². The second-order valence-corrected chi connectivity index (χ2v) is 4.92. The van der Waals surface area contributed by atoms with Gasteiger partial charge in [0.15, 0.2) is 0 Å². The first-order chi connectivity index (χ1) is 6.50. The highest BCUT2D eigenvalue weighted by Crippen LogP contribution is 2.12. The summed E-state index contributed by atoms with van der Waals surface area (Å²) >= 11 is 0. The molecule has 0 aliphatic carbocycles. The number of imidazole rings is 1. The molecule has 1 aromatic heterocycles. The minimum Gasteiger partial charge on any atom is -0.335 e. The lowest BCUT2D eigenvalue weighted by molar-refractivity contribution is 0.578. The largest absolute Gasteiger partial charge is 0.335 e. The zero-order chi connectivity index (χ0) is 10.7. The van der Waals surface area contributed by atoms with Crippen molar-refractivity contribution in [2.45, 2.75) is 40.5 Å². The molecule has 0 amide bonds. The quantitative estimate of drug-likeness (QED) is 0.720. The van der Waals surface area contributed by atoms with Gasteiger partial charge in [0.2, 0.25) is 0 Å². The molecule has 0 N–H and O–H groups in total. The molecule has 0 fully saturated rings. The van der Waals surface area contributed by atoms with E-state index in [4.69, 9.17) is 0 Å². The third-order valence-electron chi connectivity index (χ3n) is 2.39. The highest BCUT2D eigenvalue weighted by atomic mass is 15.1. The second-order valence-electron chi connectivity index (χ2n) is 4.92. The van der Waals surface area contributed by atoms with Gasteiger partial charge in [-0.3, -0.25) is 0 Å². The molecule has 0 unspecified atom stereocenters. The van der Waals surface area contributed by atoms with Gasteiger partial charge in [-0.15, -0.1) is 0 Å². The lowest BCUT2D eigenvalue weighted by Crippen LogP contribution is -2.07. The molecule has 14 heavy (non-hydrogen) atoms. The van der Waals surface area contributed by atoms with Crippen LogP contribution >= 0.6 is 0 Å². The fourth-order valence-electron chi connectivity index (χ4n) is 1.65. The van der Waals surface area contributed by atoms with Crippen LogP contribution in [0.5, 0.6) is 0 Å². The predicted octanol–water partition coefficient (Wildman–Crippen LogP) is 2.82. The number of hydrogen-bond acceptors (Lipinski definition) is 1. The van der Waals surface area contributed by atoms with E-state index in [-0.39, 0.29) is 0 Å². The second kappa shape index (κ2) is 4.63. The molecule has 1 rings (SSSR count). The topological polar surface area (TPSA) is 17.8 Å². The first-order valence-electron chi connectivity index (χ1n) is 5.50. The van der Waals surface area contributed by atoms with Gasteiger partial charge in [-0.05, 0) is 18.3 Å². The first kappa shape index (κ1) is 11.3. The van der Waals surface area contributed by atoms with Crippen LogP contribution in [-0.4, -0.2) is 9.55 Å². The Kier molecular flexibility index (Phi) is 3.73. The van der Waals surface area contributed by atoms with Crippen LogP contribution in [-0.2, 0) is 19.9 Å². The fourth-order valence-corrected chi connectivity index (χ4v) is 1.65. The Balaban J connectivity index is 2.75. The molecule has 0 radical (unpaired) electrons. The lowest BCUT2D eigenvalue weighted by Gasteiger charge is -2.09. The molecule has 2 heteroatoms. The monoisotopic (exact) mass is 194 g/mol. The summed E-state index contributed by atoms with van der Waals surface area (Å²) in [6.45, 7) is 8.96. The summed E-state index contributed by atoms with van der Waals surface area (Å²) < 4.78 is 2.25. The van der Waals surface area contributed by atoms with E-state index in [9.17, 15) is 0 Å². The van der Waals surface area contributed by atoms with Crippen LogP contribution in [0.4, 0.5) is 0 Å². The standard InChI is InChI=1S/C12H22N2/c1-9(2)6-11-8-13-12(14(11)5)7-10(3)4/h8-10H,6-7H2,1-5H3. The molecule has 0 saturated heterocycles. The zero-order valence-electron chi connectivity index (χ0n) is 10.0. The Labute approximate surface area is 87.4 Å². The molecular formula is C12H22N2. The van der Waals surface area contributed by atoms with Crippen molar-refractivity contribution in [3.63, 3.8) is 0 Å². The lowest BCUT2D eigenvalue weighted by atomic mass is 10.1. The third kappa shape index (κ3) is 2.86. The van der Waals surface area contributed by atoms with E-state index in [0.29, 0.717) is 11.8 Å². The summed E-state index contributed by atoms with van der Waals surface area (Å²) in [5.74, 6) is 2.61.